The van der Waals surface area contributed by atoms with Crippen LogP contribution in [0.25, 0.3) is 33.4 Å². The first-order chi connectivity index (χ1) is 18.4. The molecule has 0 aromatic heterocycles. The van der Waals surface area contributed by atoms with Crippen molar-refractivity contribution in [1.29, 1.82) is 0 Å². The highest BCUT2D eigenvalue weighted by molar-refractivity contribution is 6.09. The van der Waals surface area contributed by atoms with E-state index < -0.39 is 5.97 Å². The summed E-state index contributed by atoms with van der Waals surface area (Å²) in [6, 6.07) is 20.0. The Labute approximate surface area is 223 Å². The Hall–Kier alpha value is -4.13. The number of carbonyl (C=O) groups is 2. The van der Waals surface area contributed by atoms with E-state index >= 15 is 0 Å². The van der Waals surface area contributed by atoms with Gasteiger partial charge in [-0.2, -0.15) is 0 Å². The van der Waals surface area contributed by atoms with Crippen LogP contribution in [-0.2, 0) is 9.53 Å². The van der Waals surface area contributed by atoms with Crippen molar-refractivity contribution in [1.82, 2.24) is 9.89 Å². The number of ether oxygens (including phenoxy) is 1. The lowest BCUT2D eigenvalue weighted by Gasteiger charge is -2.22. The van der Waals surface area contributed by atoms with Gasteiger partial charge in [0, 0.05) is 53.0 Å². The van der Waals surface area contributed by atoms with Crippen molar-refractivity contribution >= 4 is 28.5 Å². The highest BCUT2D eigenvalue weighted by atomic mass is 16.5. The molecule has 0 atom stereocenters. The van der Waals surface area contributed by atoms with Crippen LogP contribution in [0.5, 0.6) is 0 Å². The van der Waals surface area contributed by atoms with Gasteiger partial charge >= 0.3 is 5.97 Å². The first-order valence-electron chi connectivity index (χ1n) is 13.2. The van der Waals surface area contributed by atoms with Crippen molar-refractivity contribution in [2.24, 2.45) is 0 Å². The largest absolute Gasteiger partial charge is 0.468 e. The van der Waals surface area contributed by atoms with Crippen LogP contribution in [0.1, 0.15) is 38.1 Å². The number of methoxy groups -OCH3 is 1. The fourth-order valence-corrected chi connectivity index (χ4v) is 4.95. The van der Waals surface area contributed by atoms with Gasteiger partial charge in [-0.3, -0.25) is 9.59 Å². The molecule has 0 fully saturated rings. The maximum Gasteiger partial charge on any atom is 0.325 e. The smallest absolute Gasteiger partial charge is 0.325 e. The van der Waals surface area contributed by atoms with E-state index in [1.54, 1.807) is 6.07 Å². The molecule has 7 heteroatoms. The Bertz CT molecular complexity index is 1490. The Morgan fingerprint density at radius 3 is 2.34 bits per heavy atom. The van der Waals surface area contributed by atoms with Crippen molar-refractivity contribution in [2.75, 3.05) is 44.7 Å². The number of anilines is 1. The number of nitrogens with zero attached hydrogens (tertiary/aromatic N) is 2. The number of rotatable bonds is 9. The average Bonchev–Trinajstić information content (AvgIpc) is 2.95. The van der Waals surface area contributed by atoms with Crippen molar-refractivity contribution in [2.45, 2.75) is 27.7 Å². The van der Waals surface area contributed by atoms with E-state index in [0.29, 0.717) is 5.56 Å². The lowest BCUT2D eigenvalue weighted by Crippen LogP contribution is -2.30. The molecule has 1 aliphatic heterocycles. The maximum atomic E-state index is 13.2. The number of hydrogen-bond donors (Lipinski definition) is 1. The number of carbonyl (C=O) groups excluding carboxylic acids is 2. The summed E-state index contributed by atoms with van der Waals surface area (Å²) in [6.45, 7) is 11.9. The van der Waals surface area contributed by atoms with Gasteiger partial charge in [-0.05, 0) is 57.5 Å². The Balaban J connectivity index is 2.02. The van der Waals surface area contributed by atoms with Gasteiger partial charge in [0.25, 0.3) is 5.91 Å². The topological polar surface area (TPSA) is 74.8 Å². The van der Waals surface area contributed by atoms with Crippen LogP contribution in [0.3, 0.4) is 0 Å². The SMILES string of the molecule is CCN(CC)c1ccc2c(-c3ccccc3C(=O)NCC(=O)OC)c3ccc(=[N+](CC)CC)cc-3oc2c1. The van der Waals surface area contributed by atoms with E-state index in [9.17, 15) is 9.59 Å². The lowest BCUT2D eigenvalue weighted by molar-refractivity contribution is -0.139. The molecule has 1 amide bonds. The normalized spacial score (nSPS) is 11.0. The van der Waals surface area contributed by atoms with Gasteiger partial charge in [-0.25, -0.2) is 4.58 Å². The number of hydrogen-bond acceptors (Lipinski definition) is 5. The predicted octanol–water partition coefficient (Wildman–Crippen LogP) is 4.77. The average molecular weight is 515 g/mol. The molecule has 0 saturated heterocycles. The van der Waals surface area contributed by atoms with Gasteiger partial charge in [-0.1, -0.05) is 18.2 Å². The highest BCUT2D eigenvalue weighted by Gasteiger charge is 2.23. The second-order valence-electron chi connectivity index (χ2n) is 8.99. The summed E-state index contributed by atoms with van der Waals surface area (Å²) in [4.78, 5) is 27.2. The van der Waals surface area contributed by atoms with E-state index in [4.69, 9.17) is 9.15 Å². The molecule has 0 spiro atoms. The minimum atomic E-state index is -0.502. The molecule has 2 aliphatic rings. The summed E-state index contributed by atoms with van der Waals surface area (Å²) in [6.07, 6.45) is 0. The second kappa shape index (κ2) is 11.9. The molecule has 2 aromatic carbocycles. The van der Waals surface area contributed by atoms with Crippen LogP contribution in [0, 0.1) is 0 Å². The summed E-state index contributed by atoms with van der Waals surface area (Å²) in [7, 11) is 1.30. The monoisotopic (exact) mass is 514 g/mol. The molecular formula is C31H36N3O4+. The fourth-order valence-electron chi connectivity index (χ4n) is 4.95. The predicted molar refractivity (Wildman–Crippen MR) is 153 cm³/mol. The molecule has 0 saturated carbocycles. The number of benzene rings is 3. The molecule has 0 bridgehead atoms. The molecule has 2 aromatic rings. The Morgan fingerprint density at radius 1 is 0.921 bits per heavy atom. The van der Waals surface area contributed by atoms with Crippen molar-refractivity contribution in [3.8, 4) is 22.5 Å². The number of esters is 1. The Morgan fingerprint density at radius 2 is 1.66 bits per heavy atom. The maximum absolute atomic E-state index is 13.2. The van der Waals surface area contributed by atoms with Gasteiger partial charge in [0.1, 0.15) is 31.0 Å². The molecule has 4 rings (SSSR count). The van der Waals surface area contributed by atoms with E-state index in [1.165, 1.54) is 7.11 Å². The first-order valence-corrected chi connectivity index (χ1v) is 13.2. The number of nitrogens with one attached hydrogen (secondary N) is 1. The molecule has 1 heterocycles. The zero-order chi connectivity index (χ0) is 27.2. The molecule has 0 unspecified atom stereocenters. The van der Waals surface area contributed by atoms with Crippen molar-refractivity contribution in [3.63, 3.8) is 0 Å². The zero-order valence-electron chi connectivity index (χ0n) is 22.8. The molecule has 38 heavy (non-hydrogen) atoms. The second-order valence-corrected chi connectivity index (χ2v) is 8.99. The van der Waals surface area contributed by atoms with Crippen LogP contribution in [0.15, 0.2) is 65.1 Å². The summed E-state index contributed by atoms with van der Waals surface area (Å²) >= 11 is 0. The summed E-state index contributed by atoms with van der Waals surface area (Å²) in [5.41, 5.74) is 4.91. The molecular weight excluding hydrogens is 478 g/mol. The molecule has 1 N–H and O–H groups in total. The number of fused-ring (bicyclic) bond motifs is 2. The zero-order valence-corrected chi connectivity index (χ0v) is 22.8. The molecule has 0 radical (unpaired) electrons. The quantitative estimate of drug-likeness (QED) is 0.198. The number of amides is 1. The van der Waals surface area contributed by atoms with Crippen molar-refractivity contribution in [3.05, 3.63) is 71.6 Å². The third-order valence-electron chi connectivity index (χ3n) is 7.01. The van der Waals surface area contributed by atoms with Gasteiger partial charge in [0.15, 0.2) is 0 Å². The summed E-state index contributed by atoms with van der Waals surface area (Å²) < 4.78 is 13.5. The minimum Gasteiger partial charge on any atom is -0.468 e. The molecule has 7 nitrogen and oxygen atoms in total. The third-order valence-corrected chi connectivity index (χ3v) is 7.01. The van der Waals surface area contributed by atoms with Crippen molar-refractivity contribution < 1.29 is 18.7 Å². The lowest BCUT2D eigenvalue weighted by atomic mass is 9.90. The van der Waals surface area contributed by atoms with E-state index in [1.807, 2.05) is 18.2 Å². The van der Waals surface area contributed by atoms with E-state index in [-0.39, 0.29) is 12.5 Å². The minimum absolute atomic E-state index is 0.199. The fraction of sp³-hybridized carbons (Fsp3) is 0.323. The van der Waals surface area contributed by atoms with Gasteiger partial charge < -0.3 is 19.4 Å². The van der Waals surface area contributed by atoms with Crippen LogP contribution in [0.4, 0.5) is 5.69 Å². The third kappa shape index (κ3) is 5.28. The standard InChI is InChI=1S/C31H35N3O4/c1-6-33(7-2)21-14-16-25-27(18-21)38-28-19-22(34(8-3)9-4)15-17-26(28)30(25)23-12-10-11-13-24(23)31(36)32-20-29(35)37-5/h10-19H,6-9,20H2,1-5H3/p+1. The van der Waals surface area contributed by atoms with Gasteiger partial charge in [-0.15, -0.1) is 0 Å². The van der Waals surface area contributed by atoms with Crippen LogP contribution in [-0.4, -0.2) is 51.7 Å². The van der Waals surface area contributed by atoms with E-state index in [0.717, 1.165) is 70.6 Å². The van der Waals surface area contributed by atoms with Crippen LogP contribution >= 0.6 is 0 Å². The van der Waals surface area contributed by atoms with E-state index in [2.05, 4.69) is 78.9 Å². The van der Waals surface area contributed by atoms with Gasteiger partial charge in [0.05, 0.1) is 13.2 Å². The molecule has 198 valence electrons. The van der Waals surface area contributed by atoms with Crippen LogP contribution in [0.2, 0.25) is 0 Å². The first kappa shape index (κ1) is 26.9. The molecule has 1 aliphatic carbocycles. The Kier molecular flexibility index (Phi) is 8.46. The summed E-state index contributed by atoms with van der Waals surface area (Å²) in [5.74, 6) is -0.0934. The highest BCUT2D eigenvalue weighted by Crippen LogP contribution is 2.42. The summed E-state index contributed by atoms with van der Waals surface area (Å²) in [5, 5.41) is 4.68. The van der Waals surface area contributed by atoms with Crippen LogP contribution < -0.4 is 20.1 Å². The van der Waals surface area contributed by atoms with Gasteiger partial charge in [0.2, 0.25) is 5.36 Å².